The smallest absolute Gasteiger partial charge is 0.191 e. The Morgan fingerprint density at radius 3 is 2.80 bits per heavy atom. The first-order chi connectivity index (χ1) is 11.9. The van der Waals surface area contributed by atoms with Gasteiger partial charge in [-0.1, -0.05) is 6.92 Å². The summed E-state index contributed by atoms with van der Waals surface area (Å²) >= 11 is 0. The van der Waals surface area contributed by atoms with Gasteiger partial charge in [-0.05, 0) is 37.1 Å². The van der Waals surface area contributed by atoms with Crippen LogP contribution in [0.25, 0.3) is 10.9 Å². The minimum absolute atomic E-state index is 0.0497. The molecular weight excluding hydrogens is 343 g/mol. The number of sulfone groups is 1. The number of halogens is 1. The van der Waals surface area contributed by atoms with Crippen molar-refractivity contribution in [2.45, 2.75) is 20.3 Å². The Bertz CT molecular complexity index is 830. The second-order valence-corrected chi connectivity index (χ2v) is 8.15. The number of nitrogens with zero attached hydrogens (tertiary/aromatic N) is 1. The highest BCUT2D eigenvalue weighted by molar-refractivity contribution is 7.91. The number of rotatable bonds is 8. The van der Waals surface area contributed by atoms with Crippen molar-refractivity contribution < 1.29 is 12.8 Å². The lowest BCUT2D eigenvalue weighted by Crippen LogP contribution is -2.38. The molecule has 8 heteroatoms. The number of aromatic nitrogens is 1. The molecule has 0 aliphatic carbocycles. The summed E-state index contributed by atoms with van der Waals surface area (Å²) < 4.78 is 36.2. The van der Waals surface area contributed by atoms with Crippen molar-refractivity contribution in [3.8, 4) is 0 Å². The predicted molar refractivity (Wildman–Crippen MR) is 100 cm³/mol. The average molecular weight is 368 g/mol. The molecule has 0 atom stereocenters. The molecule has 1 heterocycles. The Morgan fingerprint density at radius 2 is 2.08 bits per heavy atom. The third-order valence-electron chi connectivity index (χ3n) is 3.87. The molecule has 0 unspecified atom stereocenters. The Kier molecular flexibility index (Phi) is 6.81. The summed E-state index contributed by atoms with van der Waals surface area (Å²) in [5, 5.41) is 7.29. The van der Waals surface area contributed by atoms with Gasteiger partial charge < -0.3 is 15.6 Å². The Balaban J connectivity index is 1.92. The minimum atomic E-state index is -3.01. The van der Waals surface area contributed by atoms with E-state index < -0.39 is 9.84 Å². The van der Waals surface area contributed by atoms with Crippen LogP contribution in [-0.2, 0) is 16.3 Å². The van der Waals surface area contributed by atoms with Crippen LogP contribution >= 0.6 is 0 Å². The van der Waals surface area contributed by atoms with E-state index in [9.17, 15) is 12.8 Å². The molecule has 0 fully saturated rings. The van der Waals surface area contributed by atoms with Crippen LogP contribution in [0, 0.1) is 5.82 Å². The van der Waals surface area contributed by atoms with E-state index in [1.807, 2.05) is 13.1 Å². The first-order valence-corrected chi connectivity index (χ1v) is 10.3. The van der Waals surface area contributed by atoms with Crippen molar-refractivity contribution in [2.24, 2.45) is 4.99 Å². The molecule has 0 spiro atoms. The number of nitrogens with one attached hydrogen (secondary N) is 3. The van der Waals surface area contributed by atoms with Gasteiger partial charge >= 0.3 is 0 Å². The molecule has 0 radical (unpaired) electrons. The highest BCUT2D eigenvalue weighted by Gasteiger charge is 2.07. The maximum absolute atomic E-state index is 13.2. The van der Waals surface area contributed by atoms with Gasteiger partial charge in [-0.15, -0.1) is 0 Å². The van der Waals surface area contributed by atoms with E-state index in [0.29, 0.717) is 19.0 Å². The second-order valence-electron chi connectivity index (χ2n) is 5.68. The third-order valence-corrected chi connectivity index (χ3v) is 5.56. The lowest BCUT2D eigenvalue weighted by Gasteiger charge is -2.11. The summed E-state index contributed by atoms with van der Waals surface area (Å²) in [6.45, 7) is 5.15. The van der Waals surface area contributed by atoms with Crippen molar-refractivity contribution in [1.82, 2.24) is 15.6 Å². The molecular formula is C17H25FN4O2S. The fraction of sp³-hybridized carbons (Fsp3) is 0.471. The molecule has 1 aromatic carbocycles. The van der Waals surface area contributed by atoms with E-state index in [0.717, 1.165) is 22.9 Å². The summed E-state index contributed by atoms with van der Waals surface area (Å²) in [5.41, 5.74) is 1.87. The predicted octanol–water partition coefficient (Wildman–Crippen LogP) is 1.84. The van der Waals surface area contributed by atoms with Crippen LogP contribution in [0.3, 0.4) is 0 Å². The molecule has 1 aromatic heterocycles. The summed E-state index contributed by atoms with van der Waals surface area (Å²) in [4.78, 5) is 7.37. The van der Waals surface area contributed by atoms with E-state index in [2.05, 4.69) is 20.6 Å². The Hall–Kier alpha value is -2.09. The number of aliphatic imine (C=N–C) groups is 1. The van der Waals surface area contributed by atoms with E-state index in [-0.39, 0.29) is 23.9 Å². The summed E-state index contributed by atoms with van der Waals surface area (Å²) in [5.74, 6) is 0.518. The number of fused-ring (bicyclic) bond motifs is 1. The fourth-order valence-electron chi connectivity index (χ4n) is 2.46. The Labute approximate surface area is 147 Å². The van der Waals surface area contributed by atoms with Crippen LogP contribution in [0.4, 0.5) is 4.39 Å². The van der Waals surface area contributed by atoms with Gasteiger partial charge in [-0.25, -0.2) is 12.8 Å². The van der Waals surface area contributed by atoms with Crippen molar-refractivity contribution in [2.75, 3.05) is 31.1 Å². The number of benzene rings is 1. The van der Waals surface area contributed by atoms with Gasteiger partial charge in [0.15, 0.2) is 15.8 Å². The molecule has 0 bridgehead atoms. The number of hydrogen-bond donors (Lipinski definition) is 3. The summed E-state index contributed by atoms with van der Waals surface area (Å²) in [7, 11) is -3.01. The lowest BCUT2D eigenvalue weighted by atomic mass is 10.1. The van der Waals surface area contributed by atoms with Crippen LogP contribution < -0.4 is 10.6 Å². The van der Waals surface area contributed by atoms with Gasteiger partial charge in [0.1, 0.15) is 5.82 Å². The lowest BCUT2D eigenvalue weighted by molar-refractivity contribution is 0.597. The third kappa shape index (κ3) is 5.74. The molecule has 2 aromatic rings. The number of H-pyrrole nitrogens is 1. The topological polar surface area (TPSA) is 86.3 Å². The van der Waals surface area contributed by atoms with Crippen LogP contribution in [-0.4, -0.2) is 50.5 Å². The number of guanidine groups is 1. The molecule has 6 nitrogen and oxygen atoms in total. The largest absolute Gasteiger partial charge is 0.361 e. The van der Waals surface area contributed by atoms with Crippen LogP contribution in [0.1, 0.15) is 19.4 Å². The van der Waals surface area contributed by atoms with Gasteiger partial charge in [-0.2, -0.15) is 0 Å². The molecule has 138 valence electrons. The molecule has 0 amide bonds. The first-order valence-electron chi connectivity index (χ1n) is 8.43. The molecule has 0 saturated heterocycles. The summed E-state index contributed by atoms with van der Waals surface area (Å²) in [6, 6.07) is 4.70. The zero-order valence-electron chi connectivity index (χ0n) is 14.6. The van der Waals surface area contributed by atoms with Crippen molar-refractivity contribution in [3.05, 3.63) is 35.8 Å². The van der Waals surface area contributed by atoms with Gasteiger partial charge in [0.05, 0.1) is 12.3 Å². The first kappa shape index (κ1) is 19.2. The van der Waals surface area contributed by atoms with E-state index in [1.165, 1.54) is 12.1 Å². The van der Waals surface area contributed by atoms with Crippen molar-refractivity contribution >= 4 is 26.7 Å². The van der Waals surface area contributed by atoms with Crippen LogP contribution in [0.15, 0.2) is 29.4 Å². The molecule has 0 aliphatic rings. The van der Waals surface area contributed by atoms with Gasteiger partial charge in [0, 0.05) is 35.9 Å². The molecule has 0 saturated carbocycles. The second kappa shape index (κ2) is 8.84. The summed E-state index contributed by atoms with van der Waals surface area (Å²) in [6.07, 6.45) is 2.62. The molecule has 0 aliphatic heterocycles. The standard InChI is InChI=1S/C17H25FN4O2S/c1-3-19-17(21-9-10-25(23,24)4-2)20-8-7-13-12-22-16-11-14(18)5-6-15(13)16/h5-6,11-12,22H,3-4,7-10H2,1-2H3,(H2,19,20,21). The number of hydrogen-bond acceptors (Lipinski definition) is 3. The number of aromatic amines is 1. The van der Waals surface area contributed by atoms with Gasteiger partial charge in [0.25, 0.3) is 0 Å². The zero-order chi connectivity index (χ0) is 18.3. The highest BCUT2D eigenvalue weighted by atomic mass is 32.2. The quantitative estimate of drug-likeness (QED) is 0.490. The van der Waals surface area contributed by atoms with Gasteiger partial charge in [0.2, 0.25) is 0 Å². The monoisotopic (exact) mass is 368 g/mol. The van der Waals surface area contributed by atoms with E-state index in [4.69, 9.17) is 0 Å². The SMILES string of the molecule is CCNC(=NCCS(=O)(=O)CC)NCCc1c[nH]c2cc(F)ccc12. The fourth-order valence-corrected chi connectivity index (χ4v) is 3.12. The maximum atomic E-state index is 13.2. The van der Waals surface area contributed by atoms with E-state index in [1.54, 1.807) is 13.0 Å². The van der Waals surface area contributed by atoms with Crippen LogP contribution in [0.5, 0.6) is 0 Å². The van der Waals surface area contributed by atoms with Gasteiger partial charge in [-0.3, -0.25) is 4.99 Å². The average Bonchev–Trinajstić information content (AvgIpc) is 2.97. The highest BCUT2D eigenvalue weighted by Crippen LogP contribution is 2.19. The molecule has 3 N–H and O–H groups in total. The maximum Gasteiger partial charge on any atom is 0.191 e. The van der Waals surface area contributed by atoms with Crippen LogP contribution in [0.2, 0.25) is 0 Å². The molecule has 2 rings (SSSR count). The minimum Gasteiger partial charge on any atom is -0.361 e. The Morgan fingerprint density at radius 1 is 1.28 bits per heavy atom. The zero-order valence-corrected chi connectivity index (χ0v) is 15.4. The van der Waals surface area contributed by atoms with Crippen molar-refractivity contribution in [3.63, 3.8) is 0 Å². The van der Waals surface area contributed by atoms with E-state index >= 15 is 0 Å². The molecule has 25 heavy (non-hydrogen) atoms. The normalized spacial score (nSPS) is 12.5. The van der Waals surface area contributed by atoms with Crippen molar-refractivity contribution in [1.29, 1.82) is 0 Å².